The van der Waals surface area contributed by atoms with Gasteiger partial charge < -0.3 is 5.32 Å². The first kappa shape index (κ1) is 16.7. The Morgan fingerprint density at radius 3 is 2.50 bits per heavy atom. The van der Waals surface area contributed by atoms with Gasteiger partial charge in [-0.1, -0.05) is 18.2 Å². The fraction of sp³-hybridized carbons (Fsp3) is 0.267. The summed E-state index contributed by atoms with van der Waals surface area (Å²) in [6.07, 6.45) is 1.98. The molecule has 0 spiro atoms. The lowest BCUT2D eigenvalue weighted by atomic mass is 10.1. The molecule has 22 heavy (non-hydrogen) atoms. The summed E-state index contributed by atoms with van der Waals surface area (Å²) in [5.74, 6) is 0.0204. The van der Waals surface area contributed by atoms with Crippen molar-refractivity contribution in [2.45, 2.75) is 24.2 Å². The van der Waals surface area contributed by atoms with Gasteiger partial charge in [-0.05, 0) is 42.0 Å². The van der Waals surface area contributed by atoms with E-state index in [0.29, 0.717) is 13.0 Å². The molecule has 0 atom stereocenters. The molecule has 0 aliphatic heterocycles. The number of hydrogen-bond donors (Lipinski definition) is 2. The van der Waals surface area contributed by atoms with Gasteiger partial charge in [0, 0.05) is 11.4 Å². The van der Waals surface area contributed by atoms with E-state index in [1.807, 2.05) is 17.5 Å². The minimum atomic E-state index is -3.64. The number of thiophene rings is 1. The van der Waals surface area contributed by atoms with Crippen molar-refractivity contribution in [3.63, 3.8) is 0 Å². The number of carbonyl (C=O) groups is 1. The second kappa shape index (κ2) is 7.53. The number of nitrogens with one attached hydrogen (secondary N) is 1. The van der Waals surface area contributed by atoms with Crippen LogP contribution in [0.25, 0.3) is 0 Å². The minimum Gasteiger partial charge on any atom is -0.356 e. The second-order valence-electron chi connectivity index (χ2n) is 4.90. The molecule has 5 nitrogen and oxygen atoms in total. The van der Waals surface area contributed by atoms with E-state index in [1.165, 1.54) is 12.1 Å². The first-order chi connectivity index (χ1) is 10.4. The Morgan fingerprint density at radius 2 is 1.91 bits per heavy atom. The number of carbonyl (C=O) groups excluding carboxylic acids is 1. The zero-order valence-corrected chi connectivity index (χ0v) is 13.6. The highest BCUT2D eigenvalue weighted by molar-refractivity contribution is 7.89. The van der Waals surface area contributed by atoms with Crippen molar-refractivity contribution in [3.05, 3.63) is 52.2 Å². The molecule has 0 unspecified atom stereocenters. The number of primary sulfonamides is 1. The summed E-state index contributed by atoms with van der Waals surface area (Å²) < 4.78 is 22.3. The van der Waals surface area contributed by atoms with E-state index in [2.05, 4.69) is 5.32 Å². The van der Waals surface area contributed by atoms with Gasteiger partial charge >= 0.3 is 0 Å². The third-order valence-corrected chi connectivity index (χ3v) is 4.94. The fourth-order valence-electron chi connectivity index (χ4n) is 2.00. The van der Waals surface area contributed by atoms with E-state index in [0.717, 1.165) is 23.3 Å². The van der Waals surface area contributed by atoms with Gasteiger partial charge in [0.25, 0.3) is 0 Å². The van der Waals surface area contributed by atoms with Crippen LogP contribution in [0.2, 0.25) is 0 Å². The van der Waals surface area contributed by atoms with Gasteiger partial charge in [0.05, 0.1) is 11.3 Å². The zero-order valence-electron chi connectivity index (χ0n) is 12.0. The van der Waals surface area contributed by atoms with Gasteiger partial charge in [0.15, 0.2) is 0 Å². The van der Waals surface area contributed by atoms with Crippen molar-refractivity contribution in [1.29, 1.82) is 0 Å². The molecule has 0 saturated heterocycles. The molecule has 1 aromatic carbocycles. The van der Waals surface area contributed by atoms with Crippen LogP contribution in [-0.4, -0.2) is 20.9 Å². The summed E-state index contributed by atoms with van der Waals surface area (Å²) in [7, 11) is -3.64. The lowest BCUT2D eigenvalue weighted by Gasteiger charge is -2.05. The van der Waals surface area contributed by atoms with Crippen molar-refractivity contribution in [3.8, 4) is 0 Å². The van der Waals surface area contributed by atoms with Gasteiger partial charge in [-0.3, -0.25) is 4.79 Å². The van der Waals surface area contributed by atoms with Crippen molar-refractivity contribution in [1.82, 2.24) is 5.32 Å². The smallest absolute Gasteiger partial charge is 0.238 e. The number of rotatable bonds is 7. The lowest BCUT2D eigenvalue weighted by molar-refractivity contribution is -0.120. The molecule has 1 amide bonds. The topological polar surface area (TPSA) is 89.3 Å². The van der Waals surface area contributed by atoms with Crippen molar-refractivity contribution >= 4 is 27.3 Å². The molecule has 2 aromatic rings. The lowest BCUT2D eigenvalue weighted by Crippen LogP contribution is -2.26. The van der Waals surface area contributed by atoms with Crippen LogP contribution in [0, 0.1) is 0 Å². The Bertz CT molecular complexity index is 708. The molecular weight excluding hydrogens is 320 g/mol. The molecule has 0 bridgehead atoms. The molecule has 0 aliphatic carbocycles. The molecule has 118 valence electrons. The first-order valence-electron chi connectivity index (χ1n) is 6.86. The van der Waals surface area contributed by atoms with Crippen LogP contribution in [0.1, 0.15) is 16.9 Å². The van der Waals surface area contributed by atoms with Crippen molar-refractivity contribution in [2.75, 3.05) is 6.54 Å². The monoisotopic (exact) mass is 338 g/mol. The van der Waals surface area contributed by atoms with E-state index < -0.39 is 10.0 Å². The van der Waals surface area contributed by atoms with Crippen LogP contribution >= 0.6 is 11.3 Å². The molecule has 1 heterocycles. The van der Waals surface area contributed by atoms with E-state index in [4.69, 9.17) is 5.14 Å². The zero-order chi connectivity index (χ0) is 16.0. The summed E-state index contributed by atoms with van der Waals surface area (Å²) in [6.45, 7) is 0.598. The summed E-state index contributed by atoms with van der Waals surface area (Å²) in [6, 6.07) is 10.4. The Hall–Kier alpha value is -1.70. The van der Waals surface area contributed by atoms with Crippen molar-refractivity contribution < 1.29 is 13.2 Å². The molecule has 0 fully saturated rings. The second-order valence-corrected chi connectivity index (χ2v) is 7.49. The number of aryl methyl sites for hydroxylation is 1. The van der Waals surface area contributed by atoms with Crippen LogP contribution in [0.5, 0.6) is 0 Å². The van der Waals surface area contributed by atoms with Crippen LogP contribution in [0.15, 0.2) is 46.7 Å². The Labute approximate surface area is 134 Å². The molecule has 0 saturated carbocycles. The molecule has 2 rings (SSSR count). The van der Waals surface area contributed by atoms with Gasteiger partial charge in [-0.15, -0.1) is 11.3 Å². The molecular formula is C15H18N2O3S2. The van der Waals surface area contributed by atoms with Crippen LogP contribution in [-0.2, 0) is 27.7 Å². The van der Waals surface area contributed by atoms with E-state index in [-0.39, 0.29) is 10.8 Å². The highest BCUT2D eigenvalue weighted by Crippen LogP contribution is 2.10. The average Bonchev–Trinajstić information content (AvgIpc) is 2.96. The number of hydrogen-bond acceptors (Lipinski definition) is 4. The van der Waals surface area contributed by atoms with Crippen LogP contribution in [0.4, 0.5) is 0 Å². The largest absolute Gasteiger partial charge is 0.356 e. The third kappa shape index (κ3) is 5.25. The maximum absolute atomic E-state index is 11.7. The highest BCUT2D eigenvalue weighted by Gasteiger charge is 2.07. The third-order valence-electron chi connectivity index (χ3n) is 3.13. The Morgan fingerprint density at radius 1 is 1.18 bits per heavy atom. The molecule has 3 N–H and O–H groups in total. The van der Waals surface area contributed by atoms with E-state index in [1.54, 1.807) is 23.5 Å². The predicted molar refractivity (Wildman–Crippen MR) is 87.2 cm³/mol. The Balaban J connectivity index is 1.71. The molecule has 0 radical (unpaired) electrons. The van der Waals surface area contributed by atoms with Crippen LogP contribution < -0.4 is 10.5 Å². The van der Waals surface area contributed by atoms with Gasteiger partial charge in [-0.25, -0.2) is 13.6 Å². The summed E-state index contributed by atoms with van der Waals surface area (Å²) >= 11 is 1.57. The summed E-state index contributed by atoms with van der Waals surface area (Å²) in [4.78, 5) is 12.9. The van der Waals surface area contributed by atoms with Gasteiger partial charge in [0.2, 0.25) is 15.9 Å². The number of amides is 1. The number of sulfonamides is 1. The molecule has 0 aliphatic rings. The van der Waals surface area contributed by atoms with Gasteiger partial charge in [-0.2, -0.15) is 0 Å². The van der Waals surface area contributed by atoms with Gasteiger partial charge in [0.1, 0.15) is 0 Å². The maximum Gasteiger partial charge on any atom is 0.238 e. The normalized spacial score (nSPS) is 11.3. The number of nitrogens with two attached hydrogens (primary N) is 1. The molecule has 7 heteroatoms. The van der Waals surface area contributed by atoms with Crippen molar-refractivity contribution in [2.24, 2.45) is 5.14 Å². The predicted octanol–water partition coefficient (Wildman–Crippen LogP) is 1.69. The standard InChI is InChI=1S/C15H18N2O3S2/c16-22(19,20)14-7-5-12(6-8-14)3-1-9-17-15(18)11-13-4-2-10-21-13/h2,4-8,10H,1,3,9,11H2,(H,17,18)(H2,16,19,20). The van der Waals surface area contributed by atoms with Crippen LogP contribution in [0.3, 0.4) is 0 Å². The number of benzene rings is 1. The minimum absolute atomic E-state index is 0.0204. The first-order valence-corrected chi connectivity index (χ1v) is 9.28. The average molecular weight is 338 g/mol. The fourth-order valence-corrected chi connectivity index (χ4v) is 3.22. The molecule has 1 aromatic heterocycles. The van der Waals surface area contributed by atoms with E-state index >= 15 is 0 Å². The Kier molecular flexibility index (Phi) is 5.70. The SMILES string of the molecule is NS(=O)(=O)c1ccc(CCCNC(=O)Cc2cccs2)cc1. The summed E-state index contributed by atoms with van der Waals surface area (Å²) in [5, 5.41) is 9.87. The summed E-state index contributed by atoms with van der Waals surface area (Å²) in [5.41, 5.74) is 1.01. The highest BCUT2D eigenvalue weighted by atomic mass is 32.2. The van der Waals surface area contributed by atoms with E-state index in [9.17, 15) is 13.2 Å². The maximum atomic E-state index is 11.7. The quantitative estimate of drug-likeness (QED) is 0.753.